The lowest BCUT2D eigenvalue weighted by Gasteiger charge is -2.58. The Labute approximate surface area is 213 Å². The normalized spacial score (nSPS) is 23.7. The van der Waals surface area contributed by atoms with Crippen LogP contribution in [-0.2, 0) is 17.9 Å². The van der Waals surface area contributed by atoms with Gasteiger partial charge in [-0.05, 0) is 55.7 Å². The van der Waals surface area contributed by atoms with Crippen molar-refractivity contribution in [3.05, 3.63) is 60.2 Å². The molecule has 2 unspecified atom stereocenters. The van der Waals surface area contributed by atoms with Crippen LogP contribution in [0.25, 0.3) is 16.8 Å². The summed E-state index contributed by atoms with van der Waals surface area (Å²) in [6.07, 6.45) is 3.53. The molecule has 0 radical (unpaired) electrons. The SMILES string of the molecule is CC(C)N1C2CC1CN(c1ccc(-c3ccc4c(c3)OCc3nc(CN5CCOCC5)cn3-4)cc1)C2. The number of hydrogen-bond acceptors (Lipinski definition) is 6. The number of aromatic nitrogens is 2. The molecular weight excluding hydrogens is 450 g/mol. The molecule has 5 aliphatic heterocycles. The highest BCUT2D eigenvalue weighted by Crippen LogP contribution is 2.38. The first-order chi connectivity index (χ1) is 17.6. The number of imidazole rings is 1. The van der Waals surface area contributed by atoms with Gasteiger partial charge in [-0.3, -0.25) is 14.4 Å². The summed E-state index contributed by atoms with van der Waals surface area (Å²) in [5.74, 6) is 1.89. The Hall–Kier alpha value is -2.87. The summed E-state index contributed by atoms with van der Waals surface area (Å²) >= 11 is 0. The summed E-state index contributed by atoms with van der Waals surface area (Å²) in [5.41, 5.74) is 5.90. The number of piperazine rings is 1. The Morgan fingerprint density at radius 3 is 2.47 bits per heavy atom. The zero-order valence-corrected chi connectivity index (χ0v) is 21.3. The average molecular weight is 486 g/mol. The lowest BCUT2D eigenvalue weighted by atomic mass is 9.85. The fraction of sp³-hybridized carbons (Fsp3) is 0.483. The van der Waals surface area contributed by atoms with Crippen molar-refractivity contribution in [2.75, 3.05) is 44.3 Å². The standard InChI is InChI=1S/C29H35N5O2/c1-20(2)34-25-14-26(34)18-32(17-25)24-6-3-21(4-7-24)22-5-8-27-28(13-22)36-19-29-30-23(16-33(27)29)15-31-9-11-35-12-10-31/h3-8,13,16,20,25-26H,9-12,14-15,17-19H2,1-2H3. The fourth-order valence-corrected chi connectivity index (χ4v) is 6.56. The summed E-state index contributed by atoms with van der Waals surface area (Å²) in [5, 5.41) is 0. The first-order valence-electron chi connectivity index (χ1n) is 13.4. The summed E-state index contributed by atoms with van der Waals surface area (Å²) in [6, 6.07) is 17.7. The molecule has 7 heteroatoms. The van der Waals surface area contributed by atoms with E-state index in [0.29, 0.717) is 24.7 Å². The summed E-state index contributed by atoms with van der Waals surface area (Å²) in [4.78, 5) is 12.5. The molecule has 4 fully saturated rings. The van der Waals surface area contributed by atoms with Gasteiger partial charge in [0.15, 0.2) is 5.82 Å². The molecule has 0 N–H and O–H groups in total. The molecule has 2 bridgehead atoms. The monoisotopic (exact) mass is 485 g/mol. The second-order valence-electron chi connectivity index (χ2n) is 10.9. The zero-order chi connectivity index (χ0) is 24.2. The quantitative estimate of drug-likeness (QED) is 0.546. The summed E-state index contributed by atoms with van der Waals surface area (Å²) in [6.45, 7) is 11.8. The smallest absolute Gasteiger partial charge is 0.151 e. The number of piperidine rings is 1. The maximum absolute atomic E-state index is 6.15. The van der Waals surface area contributed by atoms with E-state index in [1.165, 1.54) is 23.2 Å². The highest BCUT2D eigenvalue weighted by atomic mass is 16.5. The molecule has 0 amide bonds. The van der Waals surface area contributed by atoms with Gasteiger partial charge in [0.2, 0.25) is 0 Å². The molecule has 6 heterocycles. The maximum Gasteiger partial charge on any atom is 0.151 e. The first kappa shape index (κ1) is 22.3. The molecule has 0 spiro atoms. The zero-order valence-electron chi connectivity index (χ0n) is 21.3. The van der Waals surface area contributed by atoms with Gasteiger partial charge in [-0.25, -0.2) is 4.98 Å². The van der Waals surface area contributed by atoms with Gasteiger partial charge in [0.25, 0.3) is 0 Å². The minimum atomic E-state index is 0.503. The third-order valence-corrected chi connectivity index (χ3v) is 8.31. The van der Waals surface area contributed by atoms with E-state index in [-0.39, 0.29) is 0 Å². The third kappa shape index (κ3) is 3.90. The highest BCUT2D eigenvalue weighted by molar-refractivity contribution is 5.70. The number of ether oxygens (including phenoxy) is 2. The second kappa shape index (κ2) is 8.91. The van der Waals surface area contributed by atoms with Gasteiger partial charge in [-0.1, -0.05) is 18.2 Å². The van der Waals surface area contributed by atoms with Crippen molar-refractivity contribution in [1.82, 2.24) is 19.4 Å². The lowest BCUT2D eigenvalue weighted by molar-refractivity contribution is -0.0270. The molecule has 0 aliphatic carbocycles. The van der Waals surface area contributed by atoms with Crippen LogP contribution in [0.4, 0.5) is 5.69 Å². The number of nitrogens with zero attached hydrogens (tertiary/aromatic N) is 5. The van der Waals surface area contributed by atoms with Crippen molar-refractivity contribution >= 4 is 5.69 Å². The van der Waals surface area contributed by atoms with Gasteiger partial charge in [0.05, 0.1) is 24.6 Å². The molecular formula is C29H35N5O2. The second-order valence-corrected chi connectivity index (χ2v) is 10.9. The van der Waals surface area contributed by atoms with Gasteiger partial charge < -0.3 is 14.4 Å². The number of benzene rings is 2. The molecule has 2 aromatic carbocycles. The topological polar surface area (TPSA) is 46.0 Å². The van der Waals surface area contributed by atoms with Crippen molar-refractivity contribution < 1.29 is 9.47 Å². The Bertz CT molecular complexity index is 1240. The van der Waals surface area contributed by atoms with Crippen LogP contribution in [0.3, 0.4) is 0 Å². The molecule has 7 nitrogen and oxygen atoms in total. The van der Waals surface area contributed by atoms with Crippen LogP contribution < -0.4 is 9.64 Å². The minimum Gasteiger partial charge on any atom is -0.483 e. The third-order valence-electron chi connectivity index (χ3n) is 8.31. The number of hydrogen-bond donors (Lipinski definition) is 0. The molecule has 36 heavy (non-hydrogen) atoms. The van der Waals surface area contributed by atoms with E-state index >= 15 is 0 Å². The van der Waals surface area contributed by atoms with Crippen molar-refractivity contribution in [2.45, 2.75) is 51.5 Å². The number of fused-ring (bicyclic) bond motifs is 5. The Morgan fingerprint density at radius 1 is 0.972 bits per heavy atom. The van der Waals surface area contributed by atoms with E-state index < -0.39 is 0 Å². The number of rotatable bonds is 5. The number of morpholine rings is 1. The summed E-state index contributed by atoms with van der Waals surface area (Å²) < 4.78 is 13.8. The molecule has 0 saturated carbocycles. The van der Waals surface area contributed by atoms with Crippen LogP contribution in [0.15, 0.2) is 48.7 Å². The van der Waals surface area contributed by atoms with E-state index in [0.717, 1.165) is 68.9 Å². The maximum atomic E-state index is 6.15. The van der Waals surface area contributed by atoms with E-state index in [1.807, 2.05) is 0 Å². The fourth-order valence-electron chi connectivity index (χ4n) is 6.56. The molecule has 1 aromatic heterocycles. The van der Waals surface area contributed by atoms with Gasteiger partial charge in [0.1, 0.15) is 12.4 Å². The van der Waals surface area contributed by atoms with Crippen LogP contribution in [-0.4, -0.2) is 76.9 Å². The van der Waals surface area contributed by atoms with Gasteiger partial charge in [0, 0.05) is 62.7 Å². The van der Waals surface area contributed by atoms with Crippen LogP contribution in [0.1, 0.15) is 31.8 Å². The van der Waals surface area contributed by atoms with Gasteiger partial charge in [-0.15, -0.1) is 0 Å². The van der Waals surface area contributed by atoms with Crippen molar-refractivity contribution in [2.24, 2.45) is 0 Å². The average Bonchev–Trinajstić information content (AvgIpc) is 3.31. The van der Waals surface area contributed by atoms with Gasteiger partial charge >= 0.3 is 0 Å². The van der Waals surface area contributed by atoms with Crippen LogP contribution in [0, 0.1) is 0 Å². The van der Waals surface area contributed by atoms with Gasteiger partial charge in [-0.2, -0.15) is 0 Å². The van der Waals surface area contributed by atoms with E-state index in [4.69, 9.17) is 14.5 Å². The van der Waals surface area contributed by atoms with Crippen molar-refractivity contribution in [3.63, 3.8) is 0 Å². The van der Waals surface area contributed by atoms with Crippen LogP contribution >= 0.6 is 0 Å². The molecule has 2 atom stereocenters. The Balaban J connectivity index is 1.07. The predicted octanol–water partition coefficient (Wildman–Crippen LogP) is 3.94. The van der Waals surface area contributed by atoms with Crippen LogP contribution in [0.2, 0.25) is 0 Å². The minimum absolute atomic E-state index is 0.503. The number of anilines is 1. The predicted molar refractivity (Wildman–Crippen MR) is 141 cm³/mol. The van der Waals surface area contributed by atoms with Crippen molar-refractivity contribution in [1.29, 1.82) is 0 Å². The Kier molecular flexibility index (Phi) is 5.53. The lowest BCUT2D eigenvalue weighted by Crippen LogP contribution is -2.70. The van der Waals surface area contributed by atoms with Crippen molar-refractivity contribution in [3.8, 4) is 22.6 Å². The van der Waals surface area contributed by atoms with E-state index in [9.17, 15) is 0 Å². The Morgan fingerprint density at radius 2 is 1.72 bits per heavy atom. The summed E-state index contributed by atoms with van der Waals surface area (Å²) in [7, 11) is 0. The van der Waals surface area contributed by atoms with Crippen LogP contribution in [0.5, 0.6) is 5.75 Å². The molecule has 4 saturated heterocycles. The molecule has 3 aromatic rings. The van der Waals surface area contributed by atoms with E-state index in [1.54, 1.807) is 0 Å². The first-order valence-corrected chi connectivity index (χ1v) is 13.4. The van der Waals surface area contributed by atoms with E-state index in [2.05, 4.69) is 81.8 Å². The largest absolute Gasteiger partial charge is 0.483 e. The highest BCUT2D eigenvalue weighted by Gasteiger charge is 2.45. The molecule has 5 aliphatic rings. The molecule has 8 rings (SSSR count). The molecule has 188 valence electrons.